The second kappa shape index (κ2) is 8.76. The van der Waals surface area contributed by atoms with Crippen molar-refractivity contribution in [3.05, 3.63) is 59.7 Å². The zero-order chi connectivity index (χ0) is 18.7. The number of halogens is 4. The second-order valence-corrected chi connectivity index (χ2v) is 6.50. The van der Waals surface area contributed by atoms with Crippen LogP contribution in [0.1, 0.15) is 28.8 Å². The van der Waals surface area contributed by atoms with Crippen LogP contribution in [0.3, 0.4) is 0 Å². The van der Waals surface area contributed by atoms with Crippen LogP contribution in [-0.4, -0.2) is 37.0 Å². The van der Waals surface area contributed by atoms with Crippen molar-refractivity contribution in [2.45, 2.75) is 25.1 Å². The number of alkyl halides is 3. The largest absolute Gasteiger partial charge is 0.416 e. The van der Waals surface area contributed by atoms with Gasteiger partial charge >= 0.3 is 6.18 Å². The molecule has 3 rings (SSSR count). The van der Waals surface area contributed by atoms with E-state index in [-0.39, 0.29) is 24.4 Å². The molecule has 1 unspecified atom stereocenters. The topological polar surface area (TPSA) is 32.3 Å². The molecule has 1 atom stereocenters. The van der Waals surface area contributed by atoms with Crippen LogP contribution < -0.4 is 5.32 Å². The number of amides is 1. The molecular formula is C20H22ClF3N2O. The molecule has 146 valence electrons. The van der Waals surface area contributed by atoms with Gasteiger partial charge in [0.2, 0.25) is 0 Å². The van der Waals surface area contributed by atoms with Gasteiger partial charge in [-0.2, -0.15) is 13.2 Å². The minimum atomic E-state index is -4.37. The van der Waals surface area contributed by atoms with Gasteiger partial charge in [-0.25, -0.2) is 0 Å². The van der Waals surface area contributed by atoms with Crippen molar-refractivity contribution in [3.63, 3.8) is 0 Å². The predicted octanol–water partition coefficient (Wildman–Crippen LogP) is 4.62. The number of likely N-dealkylation sites (N-methyl/N-ethyl adjacent to an activating group) is 1. The first-order chi connectivity index (χ1) is 12.4. The van der Waals surface area contributed by atoms with E-state index in [0.29, 0.717) is 29.8 Å². The molecule has 3 nitrogen and oxygen atoms in total. The maximum atomic E-state index is 13.0. The van der Waals surface area contributed by atoms with Crippen LogP contribution in [0.5, 0.6) is 0 Å². The highest BCUT2D eigenvalue weighted by Crippen LogP contribution is 2.32. The maximum absolute atomic E-state index is 13.0. The lowest BCUT2D eigenvalue weighted by Gasteiger charge is -2.33. The summed E-state index contributed by atoms with van der Waals surface area (Å²) in [5.41, 5.74) is 1.07. The Balaban J connectivity index is 0.00000261. The first-order valence-corrected chi connectivity index (χ1v) is 8.63. The smallest absolute Gasteiger partial charge is 0.337 e. The first-order valence-electron chi connectivity index (χ1n) is 8.63. The number of hydrogen-bond acceptors (Lipinski definition) is 2. The fourth-order valence-electron chi connectivity index (χ4n) is 3.33. The van der Waals surface area contributed by atoms with Crippen molar-refractivity contribution in [3.8, 4) is 11.1 Å². The summed E-state index contributed by atoms with van der Waals surface area (Å²) in [6.45, 7) is 1.33. The molecule has 2 aromatic carbocycles. The summed E-state index contributed by atoms with van der Waals surface area (Å²) in [5.74, 6) is -0.0829. The maximum Gasteiger partial charge on any atom is 0.416 e. The van der Waals surface area contributed by atoms with Crippen molar-refractivity contribution in [2.75, 3.05) is 20.1 Å². The molecule has 1 aliphatic rings. The van der Waals surface area contributed by atoms with E-state index in [1.165, 1.54) is 12.1 Å². The fraction of sp³-hybridized carbons (Fsp3) is 0.350. The monoisotopic (exact) mass is 398 g/mol. The van der Waals surface area contributed by atoms with E-state index >= 15 is 0 Å². The van der Waals surface area contributed by atoms with E-state index in [1.54, 1.807) is 24.3 Å². The lowest BCUT2D eigenvalue weighted by Crippen LogP contribution is -2.47. The predicted molar refractivity (Wildman–Crippen MR) is 102 cm³/mol. The number of nitrogens with zero attached hydrogens (tertiary/aromatic N) is 1. The Hall–Kier alpha value is -2.05. The first kappa shape index (κ1) is 21.3. The SMILES string of the molecule is CNC1CCCN(C(=O)c2ccccc2-c2ccc(C(F)(F)F)cc2)C1.Cl. The van der Waals surface area contributed by atoms with Crippen LogP contribution in [0.15, 0.2) is 48.5 Å². The van der Waals surface area contributed by atoms with Crippen LogP contribution >= 0.6 is 12.4 Å². The Morgan fingerprint density at radius 2 is 1.78 bits per heavy atom. The normalized spacial score (nSPS) is 17.3. The fourth-order valence-corrected chi connectivity index (χ4v) is 3.33. The molecule has 7 heteroatoms. The highest BCUT2D eigenvalue weighted by atomic mass is 35.5. The second-order valence-electron chi connectivity index (χ2n) is 6.50. The van der Waals surface area contributed by atoms with E-state index < -0.39 is 11.7 Å². The molecule has 0 aromatic heterocycles. The van der Waals surface area contributed by atoms with Gasteiger partial charge in [0, 0.05) is 24.7 Å². The number of carbonyl (C=O) groups excluding carboxylic acids is 1. The molecule has 0 aliphatic carbocycles. The molecule has 0 saturated carbocycles. The van der Waals surface area contributed by atoms with Gasteiger partial charge < -0.3 is 10.2 Å². The third-order valence-corrected chi connectivity index (χ3v) is 4.80. The molecule has 1 amide bonds. The van der Waals surface area contributed by atoms with Gasteiger partial charge in [0.25, 0.3) is 5.91 Å². The van der Waals surface area contributed by atoms with E-state index in [4.69, 9.17) is 0 Å². The van der Waals surface area contributed by atoms with Crippen LogP contribution in [0.4, 0.5) is 13.2 Å². The number of piperidine rings is 1. The third-order valence-electron chi connectivity index (χ3n) is 4.80. The minimum Gasteiger partial charge on any atom is -0.337 e. The van der Waals surface area contributed by atoms with E-state index in [0.717, 1.165) is 25.0 Å². The number of likely N-dealkylation sites (tertiary alicyclic amines) is 1. The number of carbonyl (C=O) groups is 1. The molecule has 1 N–H and O–H groups in total. The number of benzene rings is 2. The van der Waals surface area contributed by atoms with E-state index in [2.05, 4.69) is 5.32 Å². The number of nitrogens with one attached hydrogen (secondary N) is 1. The quantitative estimate of drug-likeness (QED) is 0.818. The van der Waals surface area contributed by atoms with Gasteiger partial charge in [-0.05, 0) is 49.2 Å². The van der Waals surface area contributed by atoms with Crippen LogP contribution in [0.25, 0.3) is 11.1 Å². The van der Waals surface area contributed by atoms with Crippen LogP contribution in [-0.2, 0) is 6.18 Å². The van der Waals surface area contributed by atoms with Crippen molar-refractivity contribution < 1.29 is 18.0 Å². The Morgan fingerprint density at radius 3 is 2.41 bits per heavy atom. The lowest BCUT2D eigenvalue weighted by atomic mass is 9.96. The Morgan fingerprint density at radius 1 is 1.11 bits per heavy atom. The Kier molecular flexibility index (Phi) is 6.89. The summed E-state index contributed by atoms with van der Waals surface area (Å²) < 4.78 is 38.3. The summed E-state index contributed by atoms with van der Waals surface area (Å²) in [6, 6.07) is 12.3. The molecule has 1 fully saturated rings. The summed E-state index contributed by atoms with van der Waals surface area (Å²) in [6.07, 6.45) is -2.41. The molecule has 0 radical (unpaired) electrons. The molecular weight excluding hydrogens is 377 g/mol. The van der Waals surface area contributed by atoms with Gasteiger partial charge in [-0.3, -0.25) is 4.79 Å². The average Bonchev–Trinajstić information content (AvgIpc) is 2.67. The molecule has 0 spiro atoms. The van der Waals surface area contributed by atoms with Gasteiger partial charge in [0.05, 0.1) is 5.56 Å². The molecule has 2 aromatic rings. The summed E-state index contributed by atoms with van der Waals surface area (Å²) >= 11 is 0. The van der Waals surface area contributed by atoms with Gasteiger partial charge in [-0.15, -0.1) is 12.4 Å². The zero-order valence-electron chi connectivity index (χ0n) is 14.9. The van der Waals surface area contributed by atoms with Crippen LogP contribution in [0.2, 0.25) is 0 Å². The standard InChI is InChI=1S/C20H21F3N2O.ClH/c1-24-16-5-4-12-25(13-16)19(26)18-7-3-2-6-17(18)14-8-10-15(11-9-14)20(21,22)23;/h2-3,6-11,16,24H,4-5,12-13H2,1H3;1H. The van der Waals surface area contributed by atoms with Crippen molar-refractivity contribution in [2.24, 2.45) is 0 Å². The summed E-state index contributed by atoms with van der Waals surface area (Å²) in [4.78, 5) is 14.8. The molecule has 1 heterocycles. The lowest BCUT2D eigenvalue weighted by molar-refractivity contribution is -0.137. The van der Waals surface area contributed by atoms with Gasteiger partial charge in [0.15, 0.2) is 0 Å². The highest BCUT2D eigenvalue weighted by Gasteiger charge is 2.30. The van der Waals surface area contributed by atoms with Gasteiger partial charge in [-0.1, -0.05) is 30.3 Å². The van der Waals surface area contributed by atoms with Crippen molar-refractivity contribution >= 4 is 18.3 Å². The molecule has 0 bridgehead atoms. The Bertz CT molecular complexity index is 778. The van der Waals surface area contributed by atoms with E-state index in [1.807, 2.05) is 11.9 Å². The Labute approximate surface area is 163 Å². The average molecular weight is 399 g/mol. The minimum absolute atomic E-state index is 0. The molecule has 1 aliphatic heterocycles. The number of rotatable bonds is 3. The zero-order valence-corrected chi connectivity index (χ0v) is 15.7. The van der Waals surface area contributed by atoms with E-state index in [9.17, 15) is 18.0 Å². The van der Waals surface area contributed by atoms with Crippen molar-refractivity contribution in [1.29, 1.82) is 0 Å². The summed E-state index contributed by atoms with van der Waals surface area (Å²) in [5, 5.41) is 3.21. The van der Waals surface area contributed by atoms with Gasteiger partial charge in [0.1, 0.15) is 0 Å². The molecule has 1 saturated heterocycles. The highest BCUT2D eigenvalue weighted by molar-refractivity contribution is 6.01. The summed E-state index contributed by atoms with van der Waals surface area (Å²) in [7, 11) is 1.88. The number of hydrogen-bond donors (Lipinski definition) is 1. The third kappa shape index (κ3) is 4.82. The van der Waals surface area contributed by atoms with Crippen molar-refractivity contribution in [1.82, 2.24) is 10.2 Å². The molecule has 27 heavy (non-hydrogen) atoms. The van der Waals surface area contributed by atoms with Crippen LogP contribution in [0, 0.1) is 0 Å².